The first-order valence-corrected chi connectivity index (χ1v) is 6.77. The second kappa shape index (κ2) is 4.27. The highest BCUT2D eigenvalue weighted by Gasteiger charge is 2.13. The van der Waals surface area contributed by atoms with Gasteiger partial charge in [0.05, 0.1) is 11.4 Å². The van der Waals surface area contributed by atoms with E-state index in [1.807, 2.05) is 49.2 Å². The predicted molar refractivity (Wildman–Crippen MR) is 73.1 cm³/mol. The largest absolute Gasteiger partial charge is 0.234 e. The highest BCUT2D eigenvalue weighted by Crippen LogP contribution is 2.20. The molecule has 0 saturated heterocycles. The van der Waals surface area contributed by atoms with Crippen LogP contribution in [0.4, 0.5) is 0 Å². The van der Waals surface area contributed by atoms with Gasteiger partial charge in [0.1, 0.15) is 0 Å². The minimum Gasteiger partial charge on any atom is -0.209 e. The number of nitrogens with zero attached hydrogens (tertiary/aromatic N) is 6. The monoisotopic (exact) mass is 274 g/mol. The lowest BCUT2D eigenvalue weighted by atomic mass is 10.4. The highest BCUT2D eigenvalue weighted by molar-refractivity contribution is 7.16. The van der Waals surface area contributed by atoms with Crippen LogP contribution in [-0.2, 0) is 0 Å². The Bertz CT molecular complexity index is 675. The van der Waals surface area contributed by atoms with Crippen molar-refractivity contribution in [1.29, 1.82) is 0 Å². The van der Waals surface area contributed by atoms with E-state index in [1.165, 1.54) is 11.3 Å². The second-order valence-corrected chi connectivity index (χ2v) is 5.48. The quantitative estimate of drug-likeness (QED) is 0.718. The third kappa shape index (κ3) is 2.06. The van der Waals surface area contributed by atoms with E-state index in [0.29, 0.717) is 0 Å². The fourth-order valence-electron chi connectivity index (χ4n) is 2.02. The van der Waals surface area contributed by atoms with E-state index in [0.717, 1.165) is 33.0 Å². The predicted octanol–water partition coefficient (Wildman–Crippen LogP) is 2.14. The Morgan fingerprint density at radius 3 is 1.53 bits per heavy atom. The van der Waals surface area contributed by atoms with Crippen LogP contribution in [0, 0.1) is 27.7 Å². The molecule has 0 fully saturated rings. The molecule has 3 heterocycles. The van der Waals surface area contributed by atoms with Gasteiger partial charge in [0.15, 0.2) is 0 Å². The van der Waals surface area contributed by atoms with Crippen molar-refractivity contribution in [1.82, 2.24) is 29.8 Å². The molecule has 7 heteroatoms. The number of aromatic nitrogens is 6. The standard InChI is InChI=1S/C12H14N6S/c1-7-5-9(3)17(15-7)11-13-14-12(19-11)18-10(4)6-8(2)16-18/h5-6H,1-4H3. The fourth-order valence-corrected chi connectivity index (χ4v) is 2.89. The molecule has 3 aromatic heterocycles. The van der Waals surface area contributed by atoms with Crippen LogP contribution in [0.2, 0.25) is 0 Å². The normalized spacial score (nSPS) is 11.2. The molecular weight excluding hydrogens is 260 g/mol. The number of rotatable bonds is 2. The van der Waals surface area contributed by atoms with Crippen molar-refractivity contribution in [2.45, 2.75) is 27.7 Å². The van der Waals surface area contributed by atoms with Crippen molar-refractivity contribution < 1.29 is 0 Å². The van der Waals surface area contributed by atoms with Crippen molar-refractivity contribution in [3.63, 3.8) is 0 Å². The Kier molecular flexibility index (Phi) is 2.70. The van der Waals surface area contributed by atoms with E-state index >= 15 is 0 Å². The van der Waals surface area contributed by atoms with Crippen molar-refractivity contribution in [3.05, 3.63) is 34.9 Å². The molecule has 0 atom stereocenters. The summed E-state index contributed by atoms with van der Waals surface area (Å²) in [4.78, 5) is 0. The SMILES string of the molecule is Cc1cc(C)n(-c2nnc(-n3nc(C)cc3C)s2)n1. The van der Waals surface area contributed by atoms with E-state index in [2.05, 4.69) is 20.4 Å². The average Bonchev–Trinajstić information content (AvgIpc) is 2.99. The Balaban J connectivity index is 2.04. The third-order valence-electron chi connectivity index (χ3n) is 2.79. The topological polar surface area (TPSA) is 61.4 Å². The summed E-state index contributed by atoms with van der Waals surface area (Å²) in [5.74, 6) is 0. The molecule has 0 aromatic carbocycles. The first-order chi connectivity index (χ1) is 9.04. The van der Waals surface area contributed by atoms with Crippen molar-refractivity contribution in [3.8, 4) is 10.3 Å². The smallest absolute Gasteiger partial charge is 0.209 e. The molecule has 0 radical (unpaired) electrons. The molecule has 0 aliphatic heterocycles. The lowest BCUT2D eigenvalue weighted by Crippen LogP contribution is -1.98. The molecule has 3 rings (SSSR count). The first kappa shape index (κ1) is 12.0. The van der Waals surface area contributed by atoms with Crippen LogP contribution in [0.1, 0.15) is 22.8 Å². The molecule has 0 bridgehead atoms. The van der Waals surface area contributed by atoms with Crippen LogP contribution in [0.25, 0.3) is 10.3 Å². The van der Waals surface area contributed by atoms with E-state index in [9.17, 15) is 0 Å². The first-order valence-electron chi connectivity index (χ1n) is 5.95. The van der Waals surface area contributed by atoms with Gasteiger partial charge in [0, 0.05) is 11.4 Å². The lowest BCUT2D eigenvalue weighted by molar-refractivity contribution is 0.785. The van der Waals surface area contributed by atoms with Gasteiger partial charge < -0.3 is 0 Å². The van der Waals surface area contributed by atoms with Crippen LogP contribution in [0.15, 0.2) is 12.1 Å². The molecular formula is C12H14N6S. The van der Waals surface area contributed by atoms with Crippen LogP contribution >= 0.6 is 11.3 Å². The van der Waals surface area contributed by atoms with Crippen LogP contribution < -0.4 is 0 Å². The van der Waals surface area contributed by atoms with Gasteiger partial charge in [-0.15, -0.1) is 10.2 Å². The molecule has 0 aliphatic carbocycles. The lowest BCUT2D eigenvalue weighted by Gasteiger charge is -1.97. The van der Waals surface area contributed by atoms with Crippen LogP contribution in [-0.4, -0.2) is 29.8 Å². The van der Waals surface area contributed by atoms with Crippen LogP contribution in [0.5, 0.6) is 0 Å². The van der Waals surface area contributed by atoms with Gasteiger partial charge in [0.25, 0.3) is 0 Å². The summed E-state index contributed by atoms with van der Waals surface area (Å²) >= 11 is 1.47. The average molecular weight is 274 g/mol. The molecule has 98 valence electrons. The van der Waals surface area contributed by atoms with E-state index < -0.39 is 0 Å². The number of hydrogen-bond acceptors (Lipinski definition) is 5. The zero-order valence-electron chi connectivity index (χ0n) is 11.2. The summed E-state index contributed by atoms with van der Waals surface area (Å²) in [6.45, 7) is 7.94. The van der Waals surface area contributed by atoms with Gasteiger partial charge >= 0.3 is 0 Å². The van der Waals surface area contributed by atoms with Gasteiger partial charge in [0.2, 0.25) is 10.3 Å². The van der Waals surface area contributed by atoms with Crippen LogP contribution in [0.3, 0.4) is 0 Å². The summed E-state index contributed by atoms with van der Waals surface area (Å²) in [7, 11) is 0. The summed E-state index contributed by atoms with van der Waals surface area (Å²) in [5.41, 5.74) is 4.04. The zero-order chi connectivity index (χ0) is 13.6. The van der Waals surface area contributed by atoms with Crippen molar-refractivity contribution in [2.75, 3.05) is 0 Å². The summed E-state index contributed by atoms with van der Waals surface area (Å²) in [6, 6.07) is 4.04. The minimum absolute atomic E-state index is 0.758. The maximum absolute atomic E-state index is 4.41. The third-order valence-corrected chi connectivity index (χ3v) is 3.66. The van der Waals surface area contributed by atoms with Gasteiger partial charge in [-0.3, -0.25) is 0 Å². The van der Waals surface area contributed by atoms with Gasteiger partial charge in [-0.05, 0) is 39.8 Å². The molecule has 6 nitrogen and oxygen atoms in total. The summed E-state index contributed by atoms with van der Waals surface area (Å²) < 4.78 is 3.62. The zero-order valence-corrected chi connectivity index (χ0v) is 12.1. The van der Waals surface area contributed by atoms with Gasteiger partial charge in [-0.25, -0.2) is 9.36 Å². The Morgan fingerprint density at radius 1 is 0.789 bits per heavy atom. The van der Waals surface area contributed by atoms with Crippen molar-refractivity contribution in [2.24, 2.45) is 0 Å². The van der Waals surface area contributed by atoms with Gasteiger partial charge in [-0.2, -0.15) is 10.2 Å². The van der Waals surface area contributed by atoms with E-state index in [4.69, 9.17) is 0 Å². The maximum Gasteiger partial charge on any atom is 0.234 e. The molecule has 0 saturated carbocycles. The van der Waals surface area contributed by atoms with Crippen molar-refractivity contribution >= 4 is 11.3 Å². The molecule has 0 N–H and O–H groups in total. The Morgan fingerprint density at radius 2 is 1.21 bits per heavy atom. The number of aryl methyl sites for hydroxylation is 4. The fraction of sp³-hybridized carbons (Fsp3) is 0.333. The maximum atomic E-state index is 4.41. The molecule has 19 heavy (non-hydrogen) atoms. The molecule has 0 unspecified atom stereocenters. The number of hydrogen-bond donors (Lipinski definition) is 0. The van der Waals surface area contributed by atoms with E-state index in [1.54, 1.807) is 0 Å². The minimum atomic E-state index is 0.758. The molecule has 0 aliphatic rings. The highest BCUT2D eigenvalue weighted by atomic mass is 32.1. The van der Waals surface area contributed by atoms with E-state index in [-0.39, 0.29) is 0 Å². The Labute approximate surface area is 114 Å². The molecule has 0 spiro atoms. The Hall–Kier alpha value is -2.02. The summed E-state index contributed by atoms with van der Waals surface area (Å²) in [6.07, 6.45) is 0. The van der Waals surface area contributed by atoms with Gasteiger partial charge in [-0.1, -0.05) is 11.3 Å². The second-order valence-electron chi connectivity index (χ2n) is 4.55. The summed E-state index contributed by atoms with van der Waals surface area (Å²) in [5, 5.41) is 18.7. The molecule has 3 aromatic rings. The molecule has 0 amide bonds.